The van der Waals surface area contributed by atoms with Gasteiger partial charge in [0.25, 0.3) is 0 Å². The summed E-state index contributed by atoms with van der Waals surface area (Å²) in [6, 6.07) is 0. The minimum absolute atomic E-state index is 0.355. The van der Waals surface area contributed by atoms with Crippen LogP contribution in [0.4, 0.5) is 0 Å². The summed E-state index contributed by atoms with van der Waals surface area (Å²) in [6.45, 7) is 7.65. The molecule has 0 aliphatic heterocycles. The Morgan fingerprint density at radius 3 is 1.23 bits per heavy atom. The first-order valence-electron chi connectivity index (χ1n) is 9.53. The summed E-state index contributed by atoms with van der Waals surface area (Å²) < 4.78 is 23.3. The third-order valence-corrected chi connectivity index (χ3v) is 7.14. The highest BCUT2D eigenvalue weighted by Crippen LogP contribution is 2.18. The molecule has 0 aromatic heterocycles. The van der Waals surface area contributed by atoms with Gasteiger partial charge in [0.05, 0.1) is 10.5 Å². The Morgan fingerprint density at radius 2 is 0.909 bits per heavy atom. The van der Waals surface area contributed by atoms with Crippen LogP contribution < -0.4 is 0 Å². The first kappa shape index (κ1) is 21.9. The highest BCUT2D eigenvalue weighted by Gasteiger charge is 2.27. The number of rotatable bonds is 14. The Labute approximate surface area is 140 Å². The largest absolute Gasteiger partial charge is 0.228 e. The second-order valence-corrected chi connectivity index (χ2v) is 10.5. The van der Waals surface area contributed by atoms with E-state index in [-0.39, 0.29) is 0 Å². The molecule has 0 unspecified atom stereocenters. The van der Waals surface area contributed by atoms with Crippen molar-refractivity contribution < 1.29 is 8.42 Å². The molecule has 3 heteroatoms. The van der Waals surface area contributed by atoms with Crippen molar-refractivity contribution in [1.29, 1.82) is 0 Å². The van der Waals surface area contributed by atoms with Gasteiger partial charge in [0.1, 0.15) is 0 Å². The van der Waals surface area contributed by atoms with Gasteiger partial charge in [-0.05, 0) is 27.2 Å². The van der Waals surface area contributed by atoms with Gasteiger partial charge < -0.3 is 0 Å². The van der Waals surface area contributed by atoms with Crippen LogP contribution in [0.3, 0.4) is 0 Å². The highest BCUT2D eigenvalue weighted by molar-refractivity contribution is 7.92. The molecule has 0 saturated carbocycles. The first-order chi connectivity index (χ1) is 10.3. The second kappa shape index (κ2) is 12.4. The lowest BCUT2D eigenvalue weighted by Crippen LogP contribution is -2.30. The van der Waals surface area contributed by atoms with Crippen molar-refractivity contribution in [2.45, 2.75) is 116 Å². The summed E-state index contributed by atoms with van der Waals surface area (Å²) in [7, 11) is -2.91. The van der Waals surface area contributed by atoms with Gasteiger partial charge in [-0.15, -0.1) is 0 Å². The summed E-state index contributed by atoms with van der Waals surface area (Å²) >= 11 is 0. The van der Waals surface area contributed by atoms with Crippen molar-refractivity contribution in [3.8, 4) is 0 Å². The molecule has 22 heavy (non-hydrogen) atoms. The Hall–Kier alpha value is -0.0500. The Kier molecular flexibility index (Phi) is 12.4. The van der Waals surface area contributed by atoms with Crippen LogP contribution in [0.2, 0.25) is 0 Å². The number of unbranched alkanes of at least 4 members (excludes halogenated alkanes) is 12. The predicted octanol–water partition coefficient (Wildman–Crippen LogP) is 6.29. The van der Waals surface area contributed by atoms with Gasteiger partial charge in [-0.1, -0.05) is 84.0 Å². The van der Waals surface area contributed by atoms with Gasteiger partial charge in [-0.25, -0.2) is 8.42 Å². The zero-order valence-corrected chi connectivity index (χ0v) is 16.4. The van der Waals surface area contributed by atoms with E-state index in [4.69, 9.17) is 0 Å². The molecular weight excluding hydrogens is 292 g/mol. The fourth-order valence-corrected chi connectivity index (χ4v) is 3.81. The maximum Gasteiger partial charge on any atom is 0.155 e. The van der Waals surface area contributed by atoms with E-state index < -0.39 is 14.6 Å². The van der Waals surface area contributed by atoms with E-state index in [2.05, 4.69) is 6.92 Å². The third-order valence-electron chi connectivity index (χ3n) is 4.45. The molecule has 0 aliphatic rings. The summed E-state index contributed by atoms with van der Waals surface area (Å²) in [6.07, 6.45) is 16.8. The topological polar surface area (TPSA) is 34.1 Å². The van der Waals surface area contributed by atoms with Crippen LogP contribution in [0.1, 0.15) is 111 Å². The van der Waals surface area contributed by atoms with Gasteiger partial charge in [0.2, 0.25) is 0 Å². The molecule has 0 N–H and O–H groups in total. The van der Waals surface area contributed by atoms with Gasteiger partial charge in [-0.2, -0.15) is 0 Å². The molecule has 2 nitrogen and oxygen atoms in total. The predicted molar refractivity (Wildman–Crippen MR) is 99.2 cm³/mol. The molecule has 0 radical (unpaired) electrons. The lowest BCUT2D eigenvalue weighted by Gasteiger charge is -2.18. The molecule has 0 amide bonds. The monoisotopic (exact) mass is 332 g/mol. The van der Waals surface area contributed by atoms with Crippen molar-refractivity contribution in [2.24, 2.45) is 0 Å². The van der Waals surface area contributed by atoms with Gasteiger partial charge in [0, 0.05) is 0 Å². The zero-order chi connectivity index (χ0) is 16.9. The van der Waals surface area contributed by atoms with Crippen molar-refractivity contribution in [3.05, 3.63) is 0 Å². The van der Waals surface area contributed by atoms with E-state index in [1.807, 2.05) is 0 Å². The lowest BCUT2D eigenvalue weighted by atomic mass is 10.1. The van der Waals surface area contributed by atoms with Gasteiger partial charge >= 0.3 is 0 Å². The fourth-order valence-electron chi connectivity index (χ4n) is 2.62. The summed E-state index contributed by atoms with van der Waals surface area (Å²) in [5, 5.41) is 0. The average Bonchev–Trinajstić information content (AvgIpc) is 2.42. The molecule has 0 aliphatic carbocycles. The van der Waals surface area contributed by atoms with Crippen molar-refractivity contribution in [2.75, 3.05) is 5.75 Å². The van der Waals surface area contributed by atoms with Crippen LogP contribution in [-0.2, 0) is 9.84 Å². The molecular formula is C19H40O2S. The van der Waals surface area contributed by atoms with Crippen molar-refractivity contribution in [3.63, 3.8) is 0 Å². The fraction of sp³-hybridized carbons (Fsp3) is 1.00. The van der Waals surface area contributed by atoms with Crippen molar-refractivity contribution in [1.82, 2.24) is 0 Å². The van der Waals surface area contributed by atoms with E-state index in [9.17, 15) is 8.42 Å². The minimum atomic E-state index is -2.91. The maximum atomic E-state index is 12.0. The van der Waals surface area contributed by atoms with Crippen LogP contribution in [0, 0.1) is 0 Å². The molecule has 0 rings (SSSR count). The van der Waals surface area contributed by atoms with Crippen LogP contribution in [0.15, 0.2) is 0 Å². The van der Waals surface area contributed by atoms with E-state index in [1.165, 1.54) is 70.6 Å². The van der Waals surface area contributed by atoms with Crippen molar-refractivity contribution >= 4 is 9.84 Å². The Bertz CT molecular complexity index is 339. The molecule has 0 atom stereocenters. The normalized spacial score (nSPS) is 12.7. The third kappa shape index (κ3) is 11.5. The number of hydrogen-bond donors (Lipinski definition) is 0. The van der Waals surface area contributed by atoms with E-state index in [1.54, 1.807) is 20.8 Å². The molecule has 0 aromatic rings. The minimum Gasteiger partial charge on any atom is -0.228 e. The first-order valence-corrected chi connectivity index (χ1v) is 11.2. The summed E-state index contributed by atoms with van der Waals surface area (Å²) in [5.74, 6) is 0.355. The van der Waals surface area contributed by atoms with Crippen LogP contribution >= 0.6 is 0 Å². The highest BCUT2D eigenvalue weighted by atomic mass is 32.2. The van der Waals surface area contributed by atoms with E-state index >= 15 is 0 Å². The standard InChI is InChI=1S/C19H40O2S/c1-5-6-7-8-9-10-11-12-13-14-15-16-17-18-22(20,21)19(2,3)4/h5-18H2,1-4H3. The summed E-state index contributed by atoms with van der Waals surface area (Å²) in [4.78, 5) is 0. The van der Waals surface area contributed by atoms with Gasteiger partial charge in [-0.3, -0.25) is 0 Å². The average molecular weight is 333 g/mol. The Balaban J connectivity index is 3.31. The maximum absolute atomic E-state index is 12.0. The van der Waals surface area contributed by atoms with E-state index in [0.717, 1.165) is 12.8 Å². The SMILES string of the molecule is CCCCCCCCCCCCCCCS(=O)(=O)C(C)(C)C. The molecule has 0 aromatic carbocycles. The van der Waals surface area contributed by atoms with Gasteiger partial charge in [0.15, 0.2) is 9.84 Å². The lowest BCUT2D eigenvalue weighted by molar-refractivity contribution is 0.537. The number of sulfone groups is 1. The number of hydrogen-bond acceptors (Lipinski definition) is 2. The van der Waals surface area contributed by atoms with E-state index in [0.29, 0.717) is 5.75 Å². The Morgan fingerprint density at radius 1 is 0.591 bits per heavy atom. The smallest absolute Gasteiger partial charge is 0.155 e. The molecule has 0 spiro atoms. The molecule has 0 heterocycles. The molecule has 0 saturated heterocycles. The van der Waals surface area contributed by atoms with Crippen LogP contribution in [-0.4, -0.2) is 18.9 Å². The molecule has 0 fully saturated rings. The zero-order valence-electron chi connectivity index (χ0n) is 15.6. The van der Waals surface area contributed by atoms with Crippen LogP contribution in [0.5, 0.6) is 0 Å². The molecule has 0 bridgehead atoms. The van der Waals surface area contributed by atoms with Crippen LogP contribution in [0.25, 0.3) is 0 Å². The molecule has 134 valence electrons. The second-order valence-electron chi connectivity index (χ2n) is 7.67. The quantitative estimate of drug-likeness (QED) is 0.350. The summed E-state index contributed by atoms with van der Waals surface area (Å²) in [5.41, 5.74) is 0.